The van der Waals surface area contributed by atoms with E-state index < -0.39 is 22.0 Å². The summed E-state index contributed by atoms with van der Waals surface area (Å²) in [5.74, 6) is -1.47. The minimum Gasteiger partial charge on any atom is -0.480 e. The quantitative estimate of drug-likeness (QED) is 0.881. The first-order valence-corrected chi connectivity index (χ1v) is 8.92. The van der Waals surface area contributed by atoms with Gasteiger partial charge in [0.15, 0.2) is 0 Å². The molecule has 0 bridgehead atoms. The number of rotatable bonds is 3. The SMILES string of the molecule is CC(=O)N1c2ccc(S(=O)(=O)N3CCCC3)cc2C[C@@H]1C(=O)O. The van der Waals surface area contributed by atoms with Gasteiger partial charge in [-0.25, -0.2) is 13.2 Å². The lowest BCUT2D eigenvalue weighted by Gasteiger charge is -2.21. The molecule has 0 aliphatic carbocycles. The summed E-state index contributed by atoms with van der Waals surface area (Å²) in [4.78, 5) is 24.5. The predicted octanol–water partition coefficient (Wildman–Crippen LogP) is 0.833. The van der Waals surface area contributed by atoms with Crippen LogP contribution in [0.1, 0.15) is 25.3 Å². The van der Waals surface area contributed by atoms with Crippen LogP contribution in [-0.2, 0) is 26.0 Å². The molecule has 3 rings (SSSR count). The van der Waals surface area contributed by atoms with Crippen molar-refractivity contribution >= 4 is 27.6 Å². The molecule has 1 amide bonds. The number of carbonyl (C=O) groups is 2. The van der Waals surface area contributed by atoms with Gasteiger partial charge in [-0.15, -0.1) is 0 Å². The zero-order valence-electron chi connectivity index (χ0n) is 12.7. The van der Waals surface area contributed by atoms with E-state index in [2.05, 4.69) is 0 Å². The first-order valence-electron chi connectivity index (χ1n) is 7.48. The summed E-state index contributed by atoms with van der Waals surface area (Å²) in [5.41, 5.74) is 1.05. The standard InChI is InChI=1S/C15H18N2O5S/c1-10(18)17-13-5-4-12(8-11(13)9-14(17)15(19)20)23(21,22)16-6-2-3-7-16/h4-5,8,14H,2-3,6-7,9H2,1H3,(H,19,20)/t14-/m1/s1. The molecule has 1 saturated heterocycles. The molecule has 1 aromatic carbocycles. The molecule has 1 N–H and O–H groups in total. The number of amides is 1. The van der Waals surface area contributed by atoms with Crippen molar-refractivity contribution < 1.29 is 23.1 Å². The second-order valence-electron chi connectivity index (χ2n) is 5.85. The highest BCUT2D eigenvalue weighted by Gasteiger charge is 2.38. The Labute approximate surface area is 134 Å². The van der Waals surface area contributed by atoms with Crippen LogP contribution in [0.4, 0.5) is 5.69 Å². The average molecular weight is 338 g/mol. The Morgan fingerprint density at radius 1 is 1.22 bits per heavy atom. The molecule has 1 fully saturated rings. The van der Waals surface area contributed by atoms with Gasteiger partial charge in [-0.3, -0.25) is 9.69 Å². The summed E-state index contributed by atoms with van der Waals surface area (Å²) in [6, 6.07) is 3.50. The van der Waals surface area contributed by atoms with Crippen LogP contribution in [0, 0.1) is 0 Å². The molecule has 1 aromatic rings. The van der Waals surface area contributed by atoms with Gasteiger partial charge in [-0.05, 0) is 36.6 Å². The largest absolute Gasteiger partial charge is 0.480 e. The van der Waals surface area contributed by atoms with Gasteiger partial charge in [0.25, 0.3) is 0 Å². The monoisotopic (exact) mass is 338 g/mol. The van der Waals surface area contributed by atoms with Gasteiger partial charge in [-0.2, -0.15) is 4.31 Å². The number of sulfonamides is 1. The highest BCUT2D eigenvalue weighted by Crippen LogP contribution is 2.35. The summed E-state index contributed by atoms with van der Waals surface area (Å²) in [6.45, 7) is 2.33. The fraction of sp³-hybridized carbons (Fsp3) is 0.467. The van der Waals surface area contributed by atoms with Crippen molar-refractivity contribution in [3.05, 3.63) is 23.8 Å². The van der Waals surface area contributed by atoms with Crippen molar-refractivity contribution in [1.82, 2.24) is 4.31 Å². The molecule has 0 saturated carbocycles. The second-order valence-corrected chi connectivity index (χ2v) is 7.79. The maximum Gasteiger partial charge on any atom is 0.327 e. The van der Waals surface area contributed by atoms with Crippen molar-refractivity contribution in [2.45, 2.75) is 37.1 Å². The third-order valence-corrected chi connectivity index (χ3v) is 6.26. The van der Waals surface area contributed by atoms with E-state index in [1.54, 1.807) is 0 Å². The van der Waals surface area contributed by atoms with Crippen molar-refractivity contribution in [3.8, 4) is 0 Å². The van der Waals surface area contributed by atoms with Gasteiger partial charge >= 0.3 is 5.97 Å². The van der Waals surface area contributed by atoms with Crippen molar-refractivity contribution in [1.29, 1.82) is 0 Å². The van der Waals surface area contributed by atoms with Crippen LogP contribution in [0.3, 0.4) is 0 Å². The Hall–Kier alpha value is -1.93. The Bertz CT molecular complexity index is 768. The van der Waals surface area contributed by atoms with E-state index in [4.69, 9.17) is 0 Å². The van der Waals surface area contributed by atoms with E-state index in [0.717, 1.165) is 12.8 Å². The fourth-order valence-corrected chi connectivity index (χ4v) is 4.82. The van der Waals surface area contributed by atoms with Crippen LogP contribution in [0.15, 0.2) is 23.1 Å². The highest BCUT2D eigenvalue weighted by molar-refractivity contribution is 7.89. The highest BCUT2D eigenvalue weighted by atomic mass is 32.2. The van der Waals surface area contributed by atoms with Crippen LogP contribution in [0.25, 0.3) is 0 Å². The van der Waals surface area contributed by atoms with E-state index >= 15 is 0 Å². The van der Waals surface area contributed by atoms with Gasteiger partial charge in [0, 0.05) is 32.1 Å². The first kappa shape index (κ1) is 15.9. The van der Waals surface area contributed by atoms with E-state index in [0.29, 0.717) is 24.3 Å². The Kier molecular flexibility index (Phi) is 3.89. The molecule has 2 aliphatic heterocycles. The molecule has 124 valence electrons. The molecule has 2 heterocycles. The van der Waals surface area contributed by atoms with Crippen molar-refractivity contribution in [3.63, 3.8) is 0 Å². The second kappa shape index (κ2) is 5.61. The number of aliphatic carboxylic acids is 1. The topological polar surface area (TPSA) is 95.0 Å². The zero-order chi connectivity index (χ0) is 16.8. The number of anilines is 1. The number of carboxylic acids is 1. The molecule has 2 aliphatic rings. The zero-order valence-corrected chi connectivity index (χ0v) is 13.5. The summed E-state index contributed by atoms with van der Waals surface area (Å²) >= 11 is 0. The number of carboxylic acid groups (broad SMARTS) is 1. The molecular formula is C15H18N2O5S. The Morgan fingerprint density at radius 2 is 1.87 bits per heavy atom. The van der Waals surface area contributed by atoms with Gasteiger partial charge in [0.05, 0.1) is 4.90 Å². The van der Waals surface area contributed by atoms with Gasteiger partial charge in [0.1, 0.15) is 6.04 Å². The number of hydrogen-bond donors (Lipinski definition) is 1. The van der Waals surface area contributed by atoms with Crippen LogP contribution in [0.5, 0.6) is 0 Å². The maximum absolute atomic E-state index is 12.6. The molecule has 7 nitrogen and oxygen atoms in total. The van der Waals surface area contributed by atoms with Gasteiger partial charge in [0.2, 0.25) is 15.9 Å². The summed E-state index contributed by atoms with van der Waals surface area (Å²) in [7, 11) is -3.55. The van der Waals surface area contributed by atoms with Gasteiger partial charge < -0.3 is 5.11 Å². The average Bonchev–Trinajstić information content (AvgIpc) is 3.14. The molecule has 0 radical (unpaired) electrons. The molecule has 0 aromatic heterocycles. The molecule has 23 heavy (non-hydrogen) atoms. The first-order chi connectivity index (χ1) is 10.8. The van der Waals surface area contributed by atoms with Crippen LogP contribution < -0.4 is 4.90 Å². The summed E-state index contributed by atoms with van der Waals surface area (Å²) < 4.78 is 26.6. The molecular weight excluding hydrogens is 320 g/mol. The van der Waals surface area contributed by atoms with E-state index in [1.165, 1.54) is 34.3 Å². The minimum absolute atomic E-state index is 0.119. The van der Waals surface area contributed by atoms with E-state index in [-0.39, 0.29) is 17.2 Å². The lowest BCUT2D eigenvalue weighted by atomic mass is 10.1. The molecule has 0 spiro atoms. The number of hydrogen-bond acceptors (Lipinski definition) is 4. The Balaban J connectivity index is 2.00. The van der Waals surface area contributed by atoms with E-state index in [9.17, 15) is 23.1 Å². The minimum atomic E-state index is -3.55. The summed E-state index contributed by atoms with van der Waals surface area (Å²) in [5, 5.41) is 9.29. The third kappa shape index (κ3) is 2.61. The maximum atomic E-state index is 12.6. The lowest BCUT2D eigenvalue weighted by Crippen LogP contribution is -2.41. The third-order valence-electron chi connectivity index (χ3n) is 4.36. The van der Waals surface area contributed by atoms with Crippen molar-refractivity contribution in [2.24, 2.45) is 0 Å². The number of fused-ring (bicyclic) bond motifs is 1. The number of benzene rings is 1. The summed E-state index contributed by atoms with van der Waals surface area (Å²) in [6.07, 6.45) is 1.82. The number of nitrogens with zero attached hydrogens (tertiary/aromatic N) is 2. The Morgan fingerprint density at radius 3 is 2.43 bits per heavy atom. The normalized spacial score (nSPS) is 21.4. The molecule has 8 heteroatoms. The van der Waals surface area contributed by atoms with Gasteiger partial charge in [-0.1, -0.05) is 0 Å². The van der Waals surface area contributed by atoms with Crippen LogP contribution in [0.2, 0.25) is 0 Å². The smallest absolute Gasteiger partial charge is 0.327 e. The predicted molar refractivity (Wildman–Crippen MR) is 82.7 cm³/mol. The van der Waals surface area contributed by atoms with E-state index in [1.807, 2.05) is 0 Å². The molecule has 1 atom stereocenters. The van der Waals surface area contributed by atoms with Crippen molar-refractivity contribution in [2.75, 3.05) is 18.0 Å². The van der Waals surface area contributed by atoms with Crippen LogP contribution in [-0.4, -0.2) is 48.8 Å². The van der Waals surface area contributed by atoms with Crippen LogP contribution >= 0.6 is 0 Å². The number of carbonyl (C=O) groups excluding carboxylic acids is 1. The lowest BCUT2D eigenvalue weighted by molar-refractivity contribution is -0.139. The fourth-order valence-electron chi connectivity index (χ4n) is 3.25. The molecule has 0 unspecified atom stereocenters.